The molecule has 1 atom stereocenters. The third kappa shape index (κ3) is 13.5. The number of nitrogens with zero attached hydrogens (tertiary/aromatic N) is 3. The van der Waals surface area contributed by atoms with Crippen LogP contribution in [-0.4, -0.2) is 34.5 Å². The smallest absolute Gasteiger partial charge is 0.159 e. The van der Waals surface area contributed by atoms with Gasteiger partial charge in [-0.25, -0.2) is 9.97 Å². The van der Waals surface area contributed by atoms with Crippen molar-refractivity contribution in [3.05, 3.63) is 72.1 Å². The fraction of sp³-hybridized carbons (Fsp3) is 0.515. The molecule has 1 saturated heterocycles. The molecule has 2 aromatic carbocycles. The highest BCUT2D eigenvalue weighted by atomic mass is 32.1. The largest absolute Gasteiger partial charge is 0.381 e. The van der Waals surface area contributed by atoms with E-state index in [1.54, 1.807) is 12.4 Å². The van der Waals surface area contributed by atoms with Crippen LogP contribution >= 0.6 is 12.6 Å². The number of nitrogens with two attached hydrogens (primary N) is 1. The van der Waals surface area contributed by atoms with Gasteiger partial charge in [0.15, 0.2) is 5.82 Å². The Bertz CT molecular complexity index is 993. The van der Waals surface area contributed by atoms with Crippen LogP contribution in [0.4, 0.5) is 5.69 Å². The lowest BCUT2D eigenvalue weighted by atomic mass is 9.99. The van der Waals surface area contributed by atoms with Crippen molar-refractivity contribution < 1.29 is 0 Å². The van der Waals surface area contributed by atoms with Gasteiger partial charge in [0.05, 0.1) is 0 Å². The van der Waals surface area contributed by atoms with Gasteiger partial charge in [0, 0.05) is 47.7 Å². The molecule has 1 aliphatic heterocycles. The van der Waals surface area contributed by atoms with Crippen LogP contribution in [0.1, 0.15) is 90.7 Å². The van der Waals surface area contributed by atoms with Gasteiger partial charge in [-0.05, 0) is 68.2 Å². The summed E-state index contributed by atoms with van der Waals surface area (Å²) in [5, 5.41) is 3.51. The Morgan fingerprint density at radius 1 is 0.897 bits per heavy atom. The second kappa shape index (κ2) is 21.4. The van der Waals surface area contributed by atoms with Gasteiger partial charge in [-0.15, -0.1) is 12.6 Å². The zero-order valence-electron chi connectivity index (χ0n) is 25.3. The van der Waals surface area contributed by atoms with Crippen LogP contribution in [-0.2, 0) is 13.1 Å². The predicted octanol–water partition coefficient (Wildman–Crippen LogP) is 8.61. The molecule has 1 fully saturated rings. The van der Waals surface area contributed by atoms with Crippen molar-refractivity contribution in [2.45, 2.75) is 104 Å². The van der Waals surface area contributed by atoms with E-state index in [0.717, 1.165) is 35.3 Å². The molecule has 0 bridgehead atoms. The zero-order valence-corrected chi connectivity index (χ0v) is 26.2. The first-order valence-corrected chi connectivity index (χ1v) is 15.2. The quantitative estimate of drug-likeness (QED) is 0.245. The number of piperidine rings is 1. The fourth-order valence-corrected chi connectivity index (χ4v) is 4.50. The number of rotatable bonds is 8. The topological polar surface area (TPSA) is 67.1 Å². The minimum absolute atomic E-state index is 0.712. The second-order valence-corrected chi connectivity index (χ2v) is 10.3. The summed E-state index contributed by atoms with van der Waals surface area (Å²) in [6.07, 6.45) is 12.7. The van der Waals surface area contributed by atoms with Gasteiger partial charge in [0.25, 0.3) is 0 Å². The second-order valence-electron chi connectivity index (χ2n) is 9.75. The molecule has 0 aliphatic carbocycles. The number of nitrogens with one attached hydrogen (secondary N) is 1. The summed E-state index contributed by atoms with van der Waals surface area (Å²) in [4.78, 5) is 12.2. The molecule has 39 heavy (non-hydrogen) atoms. The van der Waals surface area contributed by atoms with Gasteiger partial charge >= 0.3 is 0 Å². The molecule has 2 heterocycles. The SMILES string of the molecule is CCC.CCC1CCCCN1Cc1ccc(CNc2cc(S)cc(-c3ncccn3)c2)cc1.CCCC.CN. The minimum atomic E-state index is 0.712. The molecular weight excluding hydrogens is 498 g/mol. The maximum atomic E-state index is 4.55. The van der Waals surface area contributed by atoms with Crippen molar-refractivity contribution in [1.82, 2.24) is 14.9 Å². The molecule has 0 saturated carbocycles. The third-order valence-electron chi connectivity index (χ3n) is 6.37. The standard InChI is InChI=1S/C25H30N4S.C4H10.C3H8.CH5N/c1-2-23-6-3-4-13-29(23)18-20-9-7-19(8-10-20)17-28-22-14-21(15-24(30)16-22)25-26-11-5-12-27-25;1-3-4-2;1-3-2;1-2/h5,7-12,14-16,23,28,30H,2-4,6,13,17-18H2,1H3;3-4H2,1-2H3;3H2,1-2H3;2H2,1H3. The fourth-order valence-electron chi connectivity index (χ4n) is 4.22. The number of anilines is 1. The molecule has 6 heteroatoms. The molecule has 0 radical (unpaired) electrons. The molecule has 1 aromatic heterocycles. The van der Waals surface area contributed by atoms with E-state index in [2.05, 4.69) is 103 Å². The third-order valence-corrected chi connectivity index (χ3v) is 6.63. The van der Waals surface area contributed by atoms with Crippen molar-refractivity contribution in [2.75, 3.05) is 18.9 Å². The molecule has 0 spiro atoms. The highest BCUT2D eigenvalue weighted by Crippen LogP contribution is 2.25. The van der Waals surface area contributed by atoms with E-state index >= 15 is 0 Å². The van der Waals surface area contributed by atoms with Gasteiger partial charge < -0.3 is 11.1 Å². The van der Waals surface area contributed by atoms with Crippen LogP contribution in [0.3, 0.4) is 0 Å². The van der Waals surface area contributed by atoms with Crippen molar-refractivity contribution >= 4 is 18.3 Å². The maximum absolute atomic E-state index is 4.55. The molecule has 1 aliphatic rings. The summed E-state index contributed by atoms with van der Waals surface area (Å²) in [6, 6.07) is 17.7. The molecule has 0 amide bonds. The summed E-state index contributed by atoms with van der Waals surface area (Å²) in [5.74, 6) is 0.712. The molecule has 1 unspecified atom stereocenters. The molecule has 5 nitrogen and oxygen atoms in total. The lowest BCUT2D eigenvalue weighted by Gasteiger charge is -2.35. The first kappa shape index (κ1) is 34.6. The lowest BCUT2D eigenvalue weighted by molar-refractivity contribution is 0.136. The van der Waals surface area contributed by atoms with Crippen LogP contribution in [0.5, 0.6) is 0 Å². The van der Waals surface area contributed by atoms with E-state index in [1.165, 1.54) is 69.7 Å². The van der Waals surface area contributed by atoms with E-state index in [4.69, 9.17) is 0 Å². The van der Waals surface area contributed by atoms with Crippen LogP contribution in [0.2, 0.25) is 0 Å². The molecule has 4 rings (SSSR count). The van der Waals surface area contributed by atoms with Crippen LogP contribution < -0.4 is 11.1 Å². The monoisotopic (exact) mass is 551 g/mol. The highest BCUT2D eigenvalue weighted by molar-refractivity contribution is 7.80. The normalized spacial score (nSPS) is 14.5. The number of thiol groups is 1. The molecule has 3 aromatic rings. The van der Waals surface area contributed by atoms with Gasteiger partial charge in [-0.3, -0.25) is 4.90 Å². The average molecular weight is 552 g/mol. The number of likely N-dealkylation sites (tertiary alicyclic amines) is 1. The molecular formula is C33H53N5S. The number of hydrogen-bond acceptors (Lipinski definition) is 6. The Balaban J connectivity index is 0.000000748. The van der Waals surface area contributed by atoms with Gasteiger partial charge in [-0.1, -0.05) is 84.6 Å². The first-order valence-electron chi connectivity index (χ1n) is 14.8. The summed E-state index contributed by atoms with van der Waals surface area (Å²) in [6.45, 7) is 14.0. The predicted molar refractivity (Wildman–Crippen MR) is 173 cm³/mol. The Morgan fingerprint density at radius 2 is 1.51 bits per heavy atom. The van der Waals surface area contributed by atoms with Gasteiger partial charge in [0.1, 0.15) is 0 Å². The van der Waals surface area contributed by atoms with Crippen molar-refractivity contribution in [3.63, 3.8) is 0 Å². The summed E-state index contributed by atoms with van der Waals surface area (Å²) in [5.41, 5.74) is 9.16. The Morgan fingerprint density at radius 3 is 2.10 bits per heavy atom. The van der Waals surface area contributed by atoms with E-state index in [9.17, 15) is 0 Å². The van der Waals surface area contributed by atoms with Crippen molar-refractivity contribution in [3.8, 4) is 11.4 Å². The maximum Gasteiger partial charge on any atom is 0.159 e. The number of benzene rings is 2. The van der Waals surface area contributed by atoms with Crippen LogP contribution in [0.25, 0.3) is 11.4 Å². The van der Waals surface area contributed by atoms with E-state index in [0.29, 0.717) is 5.82 Å². The molecule has 3 N–H and O–H groups in total. The Kier molecular flexibility index (Phi) is 19.0. The van der Waals surface area contributed by atoms with Crippen molar-refractivity contribution in [1.29, 1.82) is 0 Å². The highest BCUT2D eigenvalue weighted by Gasteiger charge is 2.20. The summed E-state index contributed by atoms with van der Waals surface area (Å²) in [7, 11) is 1.50. The van der Waals surface area contributed by atoms with E-state index in [-0.39, 0.29) is 0 Å². The van der Waals surface area contributed by atoms with Crippen molar-refractivity contribution in [2.24, 2.45) is 5.73 Å². The van der Waals surface area contributed by atoms with E-state index in [1.807, 2.05) is 18.2 Å². The van der Waals surface area contributed by atoms with E-state index < -0.39 is 0 Å². The Labute approximate surface area is 244 Å². The Hall–Kier alpha value is -2.41. The summed E-state index contributed by atoms with van der Waals surface area (Å²) >= 11 is 4.55. The summed E-state index contributed by atoms with van der Waals surface area (Å²) < 4.78 is 0. The average Bonchev–Trinajstić information content (AvgIpc) is 2.99. The van der Waals surface area contributed by atoms with Crippen LogP contribution in [0, 0.1) is 0 Å². The zero-order chi connectivity index (χ0) is 28.9. The number of unbranched alkanes of at least 4 members (excludes halogenated alkanes) is 1. The number of hydrogen-bond donors (Lipinski definition) is 3. The van der Waals surface area contributed by atoms with Gasteiger partial charge in [-0.2, -0.15) is 0 Å². The first-order chi connectivity index (χ1) is 19.0. The number of aromatic nitrogens is 2. The minimum Gasteiger partial charge on any atom is -0.381 e. The lowest BCUT2D eigenvalue weighted by Crippen LogP contribution is -2.38. The van der Waals surface area contributed by atoms with Gasteiger partial charge in [0.2, 0.25) is 0 Å². The van der Waals surface area contributed by atoms with Crippen LogP contribution in [0.15, 0.2) is 65.8 Å². The molecule has 216 valence electrons.